The molecule has 0 saturated heterocycles. The first-order valence-corrected chi connectivity index (χ1v) is 8.49. The topological polar surface area (TPSA) is 77.5 Å². The fourth-order valence-corrected chi connectivity index (χ4v) is 3.52. The van der Waals surface area contributed by atoms with Crippen molar-refractivity contribution in [1.29, 1.82) is 0 Å². The molecule has 0 radical (unpaired) electrons. The van der Waals surface area contributed by atoms with Crippen LogP contribution in [0.2, 0.25) is 0 Å². The molecule has 0 aliphatic carbocycles. The van der Waals surface area contributed by atoms with Gasteiger partial charge in [0.15, 0.2) is 4.80 Å². The van der Waals surface area contributed by atoms with E-state index in [0.717, 1.165) is 16.8 Å². The van der Waals surface area contributed by atoms with Gasteiger partial charge in [-0.3, -0.25) is 14.9 Å². The van der Waals surface area contributed by atoms with Crippen molar-refractivity contribution in [2.45, 2.75) is 13.5 Å². The Morgan fingerprint density at radius 1 is 1.24 bits per heavy atom. The molecule has 0 aliphatic rings. The average Bonchev–Trinajstić information content (AvgIpc) is 2.97. The molecule has 0 bridgehead atoms. The number of hydrogen-bond acceptors (Lipinski definition) is 4. The number of benzene rings is 2. The molecule has 1 aromatic heterocycles. The van der Waals surface area contributed by atoms with Gasteiger partial charge in [-0.2, -0.15) is 4.99 Å². The Kier molecular flexibility index (Phi) is 4.85. The first-order chi connectivity index (χ1) is 12.1. The molecule has 1 heterocycles. The lowest BCUT2D eigenvalue weighted by Crippen LogP contribution is -2.15. The molecule has 0 spiro atoms. The number of nitro benzene ring substituents is 1. The number of rotatable bonds is 4. The Morgan fingerprint density at radius 2 is 1.96 bits per heavy atom. The number of fused-ring (bicyclic) bond motifs is 1. The van der Waals surface area contributed by atoms with Crippen LogP contribution in [0, 0.1) is 10.1 Å². The molecule has 25 heavy (non-hydrogen) atoms. The van der Waals surface area contributed by atoms with Crippen LogP contribution in [0.15, 0.2) is 59.6 Å². The van der Waals surface area contributed by atoms with E-state index in [0.29, 0.717) is 10.4 Å². The number of thiazole rings is 1. The molecule has 0 aliphatic heterocycles. The summed E-state index contributed by atoms with van der Waals surface area (Å²) in [7, 11) is 0. The van der Waals surface area contributed by atoms with Crippen molar-refractivity contribution in [1.82, 2.24) is 4.57 Å². The number of hydrogen-bond donors (Lipinski definition) is 0. The summed E-state index contributed by atoms with van der Waals surface area (Å²) in [6.07, 6.45) is 2.96. The summed E-state index contributed by atoms with van der Waals surface area (Å²) in [6, 6.07) is 13.9. The fourth-order valence-electron chi connectivity index (χ4n) is 2.42. The zero-order valence-corrected chi connectivity index (χ0v) is 14.3. The maximum Gasteiger partial charge on any atom is 0.272 e. The molecule has 0 unspecified atom stereocenters. The van der Waals surface area contributed by atoms with E-state index >= 15 is 0 Å². The monoisotopic (exact) mass is 353 g/mol. The number of carbonyl (C=O) groups is 1. The molecule has 7 heteroatoms. The summed E-state index contributed by atoms with van der Waals surface area (Å²) >= 11 is 1.47. The lowest BCUT2D eigenvalue weighted by atomic mass is 10.2. The van der Waals surface area contributed by atoms with Gasteiger partial charge in [0.25, 0.3) is 11.6 Å². The van der Waals surface area contributed by atoms with E-state index in [9.17, 15) is 14.9 Å². The highest BCUT2D eigenvalue weighted by Crippen LogP contribution is 2.16. The zero-order valence-electron chi connectivity index (χ0n) is 13.5. The minimum Gasteiger partial charge on any atom is -0.317 e. The molecule has 6 nitrogen and oxygen atoms in total. The van der Waals surface area contributed by atoms with Gasteiger partial charge in [0.2, 0.25) is 0 Å². The highest BCUT2D eigenvalue weighted by Gasteiger charge is 2.05. The zero-order chi connectivity index (χ0) is 17.8. The fraction of sp³-hybridized carbons (Fsp3) is 0.111. The Labute approximate surface area is 147 Å². The Morgan fingerprint density at radius 3 is 2.64 bits per heavy atom. The van der Waals surface area contributed by atoms with Crippen molar-refractivity contribution in [2.24, 2.45) is 4.99 Å². The van der Waals surface area contributed by atoms with E-state index < -0.39 is 4.92 Å². The van der Waals surface area contributed by atoms with Gasteiger partial charge in [-0.25, -0.2) is 0 Å². The van der Waals surface area contributed by atoms with Gasteiger partial charge < -0.3 is 4.57 Å². The van der Waals surface area contributed by atoms with Gasteiger partial charge >= 0.3 is 0 Å². The van der Waals surface area contributed by atoms with Gasteiger partial charge in [-0.1, -0.05) is 23.5 Å². The minimum absolute atomic E-state index is 0.0161. The van der Waals surface area contributed by atoms with E-state index in [2.05, 4.69) is 4.99 Å². The predicted octanol–water partition coefficient (Wildman–Crippen LogP) is 3.77. The van der Waals surface area contributed by atoms with Crippen molar-refractivity contribution in [3.63, 3.8) is 0 Å². The highest BCUT2D eigenvalue weighted by molar-refractivity contribution is 7.16. The molecule has 0 saturated carbocycles. The van der Waals surface area contributed by atoms with Crippen molar-refractivity contribution in [3.8, 4) is 0 Å². The maximum atomic E-state index is 12.1. The smallest absolute Gasteiger partial charge is 0.272 e. The van der Waals surface area contributed by atoms with Crippen LogP contribution in [0.4, 0.5) is 5.69 Å². The molecule has 0 N–H and O–H groups in total. The summed E-state index contributed by atoms with van der Waals surface area (Å²) < 4.78 is 3.08. The van der Waals surface area contributed by atoms with Crippen LogP contribution in [0.5, 0.6) is 0 Å². The van der Waals surface area contributed by atoms with E-state index in [1.54, 1.807) is 18.2 Å². The van der Waals surface area contributed by atoms with Crippen LogP contribution < -0.4 is 4.80 Å². The molecular formula is C18H15N3O3S. The van der Waals surface area contributed by atoms with Crippen LogP contribution in [0.1, 0.15) is 12.5 Å². The number of amides is 1. The molecule has 1 amide bonds. The van der Waals surface area contributed by atoms with E-state index in [1.165, 1.54) is 29.5 Å². The number of carbonyl (C=O) groups excluding carboxylic acids is 1. The summed E-state index contributed by atoms with van der Waals surface area (Å²) in [6.45, 7) is 2.73. The third-order valence-electron chi connectivity index (χ3n) is 3.63. The van der Waals surface area contributed by atoms with Crippen LogP contribution in [0.3, 0.4) is 0 Å². The molecule has 3 aromatic rings. The first-order valence-electron chi connectivity index (χ1n) is 7.68. The summed E-state index contributed by atoms with van der Waals surface area (Å²) in [4.78, 5) is 27.1. The standard InChI is InChI=1S/C18H15N3O3S/c1-2-20-15-5-3-4-6-16(15)25-18(20)19-17(22)12-9-13-7-10-14(11-8-13)21(23)24/h3-12H,2H2,1H3/b12-9+,19-18?. The number of non-ortho nitro benzene ring substituents is 1. The summed E-state index contributed by atoms with van der Waals surface area (Å²) in [5.41, 5.74) is 1.78. The third-order valence-corrected chi connectivity index (χ3v) is 4.69. The third kappa shape index (κ3) is 3.72. The lowest BCUT2D eigenvalue weighted by molar-refractivity contribution is -0.384. The van der Waals surface area contributed by atoms with Crippen LogP contribution in [-0.4, -0.2) is 15.4 Å². The molecule has 3 rings (SSSR count). The number of aromatic nitrogens is 1. The van der Waals surface area contributed by atoms with Gasteiger partial charge in [0.1, 0.15) is 0 Å². The molecular weight excluding hydrogens is 338 g/mol. The number of para-hydroxylation sites is 1. The van der Waals surface area contributed by atoms with E-state index in [4.69, 9.17) is 0 Å². The number of nitro groups is 1. The quantitative estimate of drug-likeness (QED) is 0.407. The SMILES string of the molecule is CCn1c(=NC(=O)/C=C/c2ccc([N+](=O)[O-])cc2)sc2ccccc21. The van der Waals surface area contributed by atoms with Crippen molar-refractivity contribution in [3.05, 3.63) is 75.1 Å². The van der Waals surface area contributed by atoms with Crippen molar-refractivity contribution >= 4 is 39.2 Å². The van der Waals surface area contributed by atoms with Gasteiger partial charge in [0.05, 0.1) is 15.1 Å². The largest absolute Gasteiger partial charge is 0.317 e. The summed E-state index contributed by atoms with van der Waals surface area (Å²) in [5, 5.41) is 10.6. The Hall–Kier alpha value is -3.06. The minimum atomic E-state index is -0.459. The van der Waals surface area contributed by atoms with Gasteiger partial charge in [-0.15, -0.1) is 0 Å². The number of aryl methyl sites for hydroxylation is 1. The second kappa shape index (κ2) is 7.23. The maximum absolute atomic E-state index is 12.1. The highest BCUT2D eigenvalue weighted by atomic mass is 32.1. The van der Waals surface area contributed by atoms with Crippen LogP contribution in [-0.2, 0) is 11.3 Å². The molecule has 0 fully saturated rings. The van der Waals surface area contributed by atoms with Crippen LogP contribution in [0.25, 0.3) is 16.3 Å². The second-order valence-electron chi connectivity index (χ2n) is 5.23. The normalized spacial score (nSPS) is 12.1. The average molecular weight is 353 g/mol. The molecule has 2 aromatic carbocycles. The number of nitrogens with zero attached hydrogens (tertiary/aromatic N) is 3. The van der Waals surface area contributed by atoms with Gasteiger partial charge in [0, 0.05) is 24.8 Å². The molecule has 126 valence electrons. The lowest BCUT2D eigenvalue weighted by Gasteiger charge is -1.98. The second-order valence-corrected chi connectivity index (χ2v) is 6.24. The van der Waals surface area contributed by atoms with Crippen molar-refractivity contribution < 1.29 is 9.72 Å². The van der Waals surface area contributed by atoms with E-state index in [1.807, 2.05) is 35.8 Å². The van der Waals surface area contributed by atoms with Crippen LogP contribution >= 0.6 is 11.3 Å². The molecule has 0 atom stereocenters. The van der Waals surface area contributed by atoms with Crippen molar-refractivity contribution in [2.75, 3.05) is 0 Å². The summed E-state index contributed by atoms with van der Waals surface area (Å²) in [5.74, 6) is -0.368. The van der Waals surface area contributed by atoms with Gasteiger partial charge in [-0.05, 0) is 42.8 Å². The Bertz CT molecular complexity index is 1030. The first kappa shape index (κ1) is 16.8. The Balaban J connectivity index is 1.86. The predicted molar refractivity (Wildman–Crippen MR) is 98.2 cm³/mol. The van der Waals surface area contributed by atoms with E-state index in [-0.39, 0.29) is 11.6 Å².